The van der Waals surface area contributed by atoms with Gasteiger partial charge in [0.2, 0.25) is 5.91 Å². The highest BCUT2D eigenvalue weighted by Crippen LogP contribution is 2.11. The zero-order valence-electron chi connectivity index (χ0n) is 13.2. The summed E-state index contributed by atoms with van der Waals surface area (Å²) in [7, 11) is 0. The molecule has 0 aliphatic carbocycles. The SMILES string of the molecule is C=CC(=O)NCCCCCCCCCCCCC(=N)N.Cl. The van der Waals surface area contributed by atoms with Crippen molar-refractivity contribution in [3.8, 4) is 0 Å². The van der Waals surface area contributed by atoms with E-state index in [0.29, 0.717) is 5.84 Å². The molecular weight excluding hydrogens is 286 g/mol. The van der Waals surface area contributed by atoms with Gasteiger partial charge in [0.15, 0.2) is 0 Å². The molecule has 21 heavy (non-hydrogen) atoms. The highest BCUT2D eigenvalue weighted by Gasteiger charge is 1.95. The molecule has 0 bridgehead atoms. The molecule has 0 saturated heterocycles. The molecule has 0 aromatic heterocycles. The Balaban J connectivity index is 0. The van der Waals surface area contributed by atoms with Gasteiger partial charge in [0, 0.05) is 13.0 Å². The molecule has 4 nitrogen and oxygen atoms in total. The van der Waals surface area contributed by atoms with Crippen LogP contribution in [0.2, 0.25) is 0 Å². The highest BCUT2D eigenvalue weighted by atomic mass is 35.5. The molecule has 0 aromatic carbocycles. The fourth-order valence-electron chi connectivity index (χ4n) is 2.14. The van der Waals surface area contributed by atoms with Crippen LogP contribution in [0.15, 0.2) is 12.7 Å². The zero-order valence-corrected chi connectivity index (χ0v) is 14.0. The number of nitrogens with one attached hydrogen (secondary N) is 2. The Morgan fingerprint density at radius 2 is 1.38 bits per heavy atom. The molecule has 0 radical (unpaired) electrons. The van der Waals surface area contributed by atoms with Crippen molar-refractivity contribution in [2.24, 2.45) is 5.73 Å². The average Bonchev–Trinajstić information content (AvgIpc) is 2.43. The molecule has 0 aliphatic heterocycles. The van der Waals surface area contributed by atoms with Crippen molar-refractivity contribution in [2.75, 3.05) is 6.54 Å². The van der Waals surface area contributed by atoms with E-state index in [1.807, 2.05) is 0 Å². The molecule has 124 valence electrons. The summed E-state index contributed by atoms with van der Waals surface area (Å²) in [6, 6.07) is 0. The van der Waals surface area contributed by atoms with E-state index in [0.717, 1.165) is 25.8 Å². The number of nitrogens with two attached hydrogens (primary N) is 1. The number of unbranched alkanes of at least 4 members (excludes halogenated alkanes) is 9. The molecule has 0 heterocycles. The third-order valence-electron chi connectivity index (χ3n) is 3.36. The molecule has 0 saturated carbocycles. The summed E-state index contributed by atoms with van der Waals surface area (Å²) in [5.74, 6) is 0.240. The molecule has 0 unspecified atom stereocenters. The summed E-state index contributed by atoms with van der Waals surface area (Å²) < 4.78 is 0. The highest BCUT2D eigenvalue weighted by molar-refractivity contribution is 5.86. The summed E-state index contributed by atoms with van der Waals surface area (Å²) in [6.07, 6.45) is 14.3. The van der Waals surface area contributed by atoms with E-state index in [2.05, 4.69) is 11.9 Å². The van der Waals surface area contributed by atoms with Gasteiger partial charge in [-0.2, -0.15) is 0 Å². The van der Waals surface area contributed by atoms with Crippen LogP contribution in [0.25, 0.3) is 0 Å². The number of carbonyl (C=O) groups excluding carboxylic acids is 1. The van der Waals surface area contributed by atoms with Crippen molar-refractivity contribution >= 4 is 24.1 Å². The minimum absolute atomic E-state index is 0. The molecule has 0 aromatic rings. The van der Waals surface area contributed by atoms with Crippen LogP contribution in [0.3, 0.4) is 0 Å². The van der Waals surface area contributed by atoms with E-state index in [4.69, 9.17) is 11.1 Å². The minimum atomic E-state index is -0.0743. The van der Waals surface area contributed by atoms with Crippen molar-refractivity contribution < 1.29 is 4.79 Å². The number of hydrogen-bond acceptors (Lipinski definition) is 2. The third kappa shape index (κ3) is 19.0. The normalized spacial score (nSPS) is 9.71. The van der Waals surface area contributed by atoms with Crippen LogP contribution in [0, 0.1) is 5.41 Å². The third-order valence-corrected chi connectivity index (χ3v) is 3.36. The summed E-state index contributed by atoms with van der Waals surface area (Å²) in [5.41, 5.74) is 5.30. The summed E-state index contributed by atoms with van der Waals surface area (Å²) >= 11 is 0. The van der Waals surface area contributed by atoms with Crippen LogP contribution in [0.4, 0.5) is 0 Å². The Morgan fingerprint density at radius 1 is 0.952 bits per heavy atom. The van der Waals surface area contributed by atoms with Crippen LogP contribution in [0.1, 0.15) is 70.6 Å². The Morgan fingerprint density at radius 3 is 1.81 bits per heavy atom. The largest absolute Gasteiger partial charge is 0.388 e. The maximum Gasteiger partial charge on any atom is 0.243 e. The first kappa shape index (κ1) is 22.3. The van der Waals surface area contributed by atoms with Crippen LogP contribution < -0.4 is 11.1 Å². The quantitative estimate of drug-likeness (QED) is 0.196. The fourth-order valence-corrected chi connectivity index (χ4v) is 2.14. The van der Waals surface area contributed by atoms with Crippen molar-refractivity contribution in [1.29, 1.82) is 5.41 Å². The van der Waals surface area contributed by atoms with Gasteiger partial charge < -0.3 is 11.1 Å². The van der Waals surface area contributed by atoms with E-state index in [1.165, 1.54) is 57.4 Å². The van der Waals surface area contributed by atoms with Gasteiger partial charge in [-0.1, -0.05) is 57.9 Å². The van der Waals surface area contributed by atoms with Gasteiger partial charge >= 0.3 is 0 Å². The predicted octanol–water partition coefficient (Wildman–Crippen LogP) is 3.94. The molecular formula is C16H32ClN3O. The van der Waals surface area contributed by atoms with Crippen LogP contribution >= 0.6 is 12.4 Å². The van der Waals surface area contributed by atoms with Crippen molar-refractivity contribution in [1.82, 2.24) is 5.32 Å². The number of amidine groups is 1. The molecule has 1 amide bonds. The Hall–Kier alpha value is -1.03. The van der Waals surface area contributed by atoms with Crippen molar-refractivity contribution in [2.45, 2.75) is 70.6 Å². The predicted molar refractivity (Wildman–Crippen MR) is 93.2 cm³/mol. The van der Waals surface area contributed by atoms with E-state index < -0.39 is 0 Å². The van der Waals surface area contributed by atoms with Crippen LogP contribution in [-0.4, -0.2) is 18.3 Å². The molecule has 0 rings (SSSR count). The average molecular weight is 318 g/mol. The Labute approximate surface area is 135 Å². The smallest absolute Gasteiger partial charge is 0.243 e. The van der Waals surface area contributed by atoms with Gasteiger partial charge in [0.05, 0.1) is 5.84 Å². The van der Waals surface area contributed by atoms with Crippen LogP contribution in [0.5, 0.6) is 0 Å². The number of rotatable bonds is 14. The van der Waals surface area contributed by atoms with Gasteiger partial charge in [-0.3, -0.25) is 10.2 Å². The van der Waals surface area contributed by atoms with Gasteiger partial charge in [-0.15, -0.1) is 12.4 Å². The summed E-state index contributed by atoms with van der Waals surface area (Å²) in [6.45, 7) is 4.18. The number of hydrogen-bond donors (Lipinski definition) is 3. The van der Waals surface area contributed by atoms with Gasteiger partial charge in [0.25, 0.3) is 0 Å². The summed E-state index contributed by atoms with van der Waals surface area (Å²) in [4.78, 5) is 10.9. The van der Waals surface area contributed by atoms with E-state index in [1.54, 1.807) is 0 Å². The molecule has 5 heteroatoms. The molecule has 0 fully saturated rings. The minimum Gasteiger partial charge on any atom is -0.388 e. The van der Waals surface area contributed by atoms with E-state index in [-0.39, 0.29) is 18.3 Å². The van der Waals surface area contributed by atoms with Gasteiger partial charge in [-0.25, -0.2) is 0 Å². The van der Waals surface area contributed by atoms with Gasteiger partial charge in [0.1, 0.15) is 0 Å². The second-order valence-corrected chi connectivity index (χ2v) is 5.31. The number of carbonyl (C=O) groups is 1. The summed E-state index contributed by atoms with van der Waals surface area (Å²) in [5, 5.41) is 9.91. The first-order valence-electron chi connectivity index (χ1n) is 7.90. The lowest BCUT2D eigenvalue weighted by Gasteiger charge is -2.03. The Bertz CT molecular complexity index is 283. The zero-order chi connectivity index (χ0) is 15.1. The topological polar surface area (TPSA) is 79.0 Å². The molecule has 0 spiro atoms. The van der Waals surface area contributed by atoms with E-state index >= 15 is 0 Å². The molecule has 0 atom stereocenters. The van der Waals surface area contributed by atoms with Gasteiger partial charge in [-0.05, 0) is 18.9 Å². The number of halogens is 1. The maximum absolute atomic E-state index is 10.9. The lowest BCUT2D eigenvalue weighted by molar-refractivity contribution is -0.116. The standard InChI is InChI=1S/C16H31N3O.ClH/c1-2-16(20)19-14-12-10-8-6-4-3-5-7-9-11-13-15(17)18;/h2H,1,3-14H2,(H3,17,18)(H,19,20);1H. The Kier molecular flexibility index (Phi) is 18.0. The van der Waals surface area contributed by atoms with Crippen LogP contribution in [-0.2, 0) is 4.79 Å². The fraction of sp³-hybridized carbons (Fsp3) is 0.750. The molecule has 4 N–H and O–H groups in total. The van der Waals surface area contributed by atoms with E-state index in [9.17, 15) is 4.79 Å². The first-order chi connectivity index (χ1) is 9.66. The van der Waals surface area contributed by atoms with Crippen molar-refractivity contribution in [3.63, 3.8) is 0 Å². The second kappa shape index (κ2) is 17.0. The lowest BCUT2D eigenvalue weighted by atomic mass is 10.1. The number of amides is 1. The lowest BCUT2D eigenvalue weighted by Crippen LogP contribution is -2.21. The maximum atomic E-state index is 10.9. The monoisotopic (exact) mass is 317 g/mol. The second-order valence-electron chi connectivity index (χ2n) is 5.31. The van der Waals surface area contributed by atoms with Crippen molar-refractivity contribution in [3.05, 3.63) is 12.7 Å². The molecule has 0 aliphatic rings. The first-order valence-corrected chi connectivity index (χ1v) is 7.90.